The van der Waals surface area contributed by atoms with Gasteiger partial charge in [0.05, 0.1) is 16.7 Å². The summed E-state index contributed by atoms with van der Waals surface area (Å²) in [5.41, 5.74) is 1.49. The average molecular weight is 409 g/mol. The first-order chi connectivity index (χ1) is 12.9. The number of carbonyl (C=O) groups excluding carboxylic acids is 1. The molecule has 0 aliphatic heterocycles. The minimum Gasteiger partial charge on any atom is -0.360 e. The summed E-state index contributed by atoms with van der Waals surface area (Å²) < 4.78 is 31.8. The number of hydrogen-bond acceptors (Lipinski definition) is 4. The van der Waals surface area contributed by atoms with Crippen molar-refractivity contribution in [1.82, 2.24) is 5.16 Å². The van der Waals surface area contributed by atoms with Crippen LogP contribution in [0.1, 0.15) is 12.7 Å². The molecule has 27 heavy (non-hydrogen) atoms. The second-order valence-electron chi connectivity index (χ2n) is 5.75. The molecule has 1 aromatic heterocycles. The summed E-state index contributed by atoms with van der Waals surface area (Å²) >= 11 is 7.18. The number of nitrogens with one attached hydrogen (secondary N) is 1. The van der Waals surface area contributed by atoms with E-state index in [0.29, 0.717) is 22.2 Å². The van der Waals surface area contributed by atoms with Crippen LogP contribution in [-0.2, 0) is 10.5 Å². The van der Waals surface area contributed by atoms with Crippen molar-refractivity contribution in [1.29, 1.82) is 0 Å². The van der Waals surface area contributed by atoms with Gasteiger partial charge in [-0.15, -0.1) is 11.8 Å². The monoisotopic (exact) mass is 408 g/mol. The number of hydrogen-bond donors (Lipinski definition) is 1. The number of aromatic nitrogens is 1. The third-order valence-electron chi connectivity index (χ3n) is 3.73. The summed E-state index contributed by atoms with van der Waals surface area (Å²) in [5, 5.41) is 6.62. The first-order valence-electron chi connectivity index (χ1n) is 8.01. The number of rotatable bonds is 6. The van der Waals surface area contributed by atoms with Crippen molar-refractivity contribution in [3.8, 4) is 11.3 Å². The molecule has 1 N–H and O–H groups in total. The van der Waals surface area contributed by atoms with Gasteiger partial charge in [-0.2, -0.15) is 0 Å². The zero-order valence-corrected chi connectivity index (χ0v) is 15.8. The summed E-state index contributed by atoms with van der Waals surface area (Å²) in [6.45, 7) is 1.69. The Labute approximate surface area is 163 Å². The van der Waals surface area contributed by atoms with E-state index >= 15 is 0 Å². The zero-order chi connectivity index (χ0) is 19.4. The SMILES string of the molecule is CC(SCc1cc(-c2ccc(Cl)cc2)no1)C(=O)Nc1ccc(F)cc1F. The number of thioether (sulfide) groups is 1. The smallest absolute Gasteiger partial charge is 0.237 e. The van der Waals surface area contributed by atoms with Crippen LogP contribution in [-0.4, -0.2) is 16.3 Å². The Morgan fingerprint density at radius 3 is 2.67 bits per heavy atom. The van der Waals surface area contributed by atoms with Gasteiger partial charge in [-0.3, -0.25) is 4.79 Å². The molecule has 8 heteroatoms. The maximum Gasteiger partial charge on any atom is 0.237 e. The maximum atomic E-state index is 13.6. The molecule has 2 aromatic carbocycles. The zero-order valence-electron chi connectivity index (χ0n) is 14.2. The number of anilines is 1. The summed E-state index contributed by atoms with van der Waals surface area (Å²) in [6.07, 6.45) is 0. The quantitative estimate of drug-likeness (QED) is 0.582. The van der Waals surface area contributed by atoms with Gasteiger partial charge in [0.15, 0.2) is 0 Å². The van der Waals surface area contributed by atoms with Gasteiger partial charge in [0, 0.05) is 22.7 Å². The van der Waals surface area contributed by atoms with Gasteiger partial charge >= 0.3 is 0 Å². The molecule has 0 bridgehead atoms. The lowest BCUT2D eigenvalue weighted by Gasteiger charge is -2.11. The van der Waals surface area contributed by atoms with E-state index < -0.39 is 16.9 Å². The molecule has 1 amide bonds. The Morgan fingerprint density at radius 1 is 1.22 bits per heavy atom. The van der Waals surface area contributed by atoms with Gasteiger partial charge in [0.2, 0.25) is 5.91 Å². The van der Waals surface area contributed by atoms with E-state index in [1.54, 1.807) is 25.1 Å². The van der Waals surface area contributed by atoms with Crippen molar-refractivity contribution in [2.24, 2.45) is 0 Å². The highest BCUT2D eigenvalue weighted by Crippen LogP contribution is 2.25. The lowest BCUT2D eigenvalue weighted by molar-refractivity contribution is -0.115. The lowest BCUT2D eigenvalue weighted by atomic mass is 10.1. The summed E-state index contributed by atoms with van der Waals surface area (Å²) in [7, 11) is 0. The van der Waals surface area contributed by atoms with Crippen LogP contribution in [0.25, 0.3) is 11.3 Å². The van der Waals surface area contributed by atoms with E-state index in [2.05, 4.69) is 10.5 Å². The molecule has 0 fully saturated rings. The molecule has 0 spiro atoms. The Bertz CT molecular complexity index is 947. The Morgan fingerprint density at radius 2 is 1.96 bits per heavy atom. The molecule has 140 valence electrons. The molecule has 0 radical (unpaired) electrons. The minimum absolute atomic E-state index is 0.0569. The van der Waals surface area contributed by atoms with E-state index in [1.807, 2.05) is 12.1 Å². The predicted molar refractivity (Wildman–Crippen MR) is 103 cm³/mol. The normalized spacial score (nSPS) is 12.0. The topological polar surface area (TPSA) is 55.1 Å². The number of halogens is 3. The molecule has 0 aliphatic carbocycles. The Balaban J connectivity index is 1.56. The number of benzene rings is 2. The minimum atomic E-state index is -0.816. The second-order valence-corrected chi connectivity index (χ2v) is 7.52. The van der Waals surface area contributed by atoms with Crippen LogP contribution in [0.15, 0.2) is 53.1 Å². The van der Waals surface area contributed by atoms with Gasteiger partial charge in [0.25, 0.3) is 0 Å². The van der Waals surface area contributed by atoms with E-state index in [1.165, 1.54) is 17.8 Å². The van der Waals surface area contributed by atoms with E-state index in [4.69, 9.17) is 16.1 Å². The largest absolute Gasteiger partial charge is 0.360 e. The van der Waals surface area contributed by atoms with Crippen LogP contribution in [0.5, 0.6) is 0 Å². The fourth-order valence-corrected chi connectivity index (χ4v) is 3.13. The molecule has 0 saturated heterocycles. The molecule has 1 heterocycles. The van der Waals surface area contributed by atoms with Crippen LogP contribution >= 0.6 is 23.4 Å². The van der Waals surface area contributed by atoms with E-state index in [9.17, 15) is 13.6 Å². The molecule has 3 aromatic rings. The first kappa shape index (κ1) is 19.4. The second kappa shape index (κ2) is 8.54. The van der Waals surface area contributed by atoms with Gasteiger partial charge in [-0.25, -0.2) is 8.78 Å². The van der Waals surface area contributed by atoms with Crippen LogP contribution < -0.4 is 5.32 Å². The summed E-state index contributed by atoms with van der Waals surface area (Å²) in [5.74, 6) is -0.875. The highest BCUT2D eigenvalue weighted by molar-refractivity contribution is 7.99. The van der Waals surface area contributed by atoms with Crippen molar-refractivity contribution < 1.29 is 18.1 Å². The maximum absolute atomic E-state index is 13.6. The molecule has 0 aliphatic rings. The molecule has 1 unspecified atom stereocenters. The third-order valence-corrected chi connectivity index (χ3v) is 5.15. The van der Waals surface area contributed by atoms with Gasteiger partial charge < -0.3 is 9.84 Å². The highest BCUT2D eigenvalue weighted by Gasteiger charge is 2.17. The van der Waals surface area contributed by atoms with Gasteiger partial charge in [-0.1, -0.05) is 28.9 Å². The Hall–Kier alpha value is -2.38. The van der Waals surface area contributed by atoms with Crippen molar-refractivity contribution in [3.63, 3.8) is 0 Å². The van der Waals surface area contributed by atoms with Crippen LogP contribution in [0.4, 0.5) is 14.5 Å². The molecule has 4 nitrogen and oxygen atoms in total. The Kier molecular flexibility index (Phi) is 6.13. The van der Waals surface area contributed by atoms with Crippen molar-refractivity contribution in [2.75, 3.05) is 5.32 Å². The standard InChI is InChI=1S/C19H15ClF2N2O2S/c1-11(19(25)23-17-7-6-14(21)8-16(17)22)27-10-15-9-18(24-26-15)12-2-4-13(20)5-3-12/h2-9,11H,10H2,1H3,(H,23,25). The lowest BCUT2D eigenvalue weighted by Crippen LogP contribution is -2.23. The van der Waals surface area contributed by atoms with Crippen LogP contribution in [0, 0.1) is 11.6 Å². The van der Waals surface area contributed by atoms with Gasteiger partial charge in [0.1, 0.15) is 23.1 Å². The molecular formula is C19H15ClF2N2O2S. The van der Waals surface area contributed by atoms with Crippen LogP contribution in [0.3, 0.4) is 0 Å². The predicted octanol–water partition coefficient (Wildman–Crippen LogP) is 5.53. The van der Waals surface area contributed by atoms with Crippen molar-refractivity contribution in [3.05, 3.63) is 70.9 Å². The van der Waals surface area contributed by atoms with Gasteiger partial charge in [-0.05, 0) is 31.2 Å². The third kappa shape index (κ3) is 5.08. The number of amides is 1. The molecule has 0 saturated carbocycles. The molecule has 3 rings (SSSR count). The fourth-order valence-electron chi connectivity index (χ4n) is 2.25. The number of nitrogens with zero attached hydrogens (tertiary/aromatic N) is 1. The first-order valence-corrected chi connectivity index (χ1v) is 9.44. The highest BCUT2D eigenvalue weighted by atomic mass is 35.5. The van der Waals surface area contributed by atoms with E-state index in [0.717, 1.165) is 17.7 Å². The molecular weight excluding hydrogens is 394 g/mol. The van der Waals surface area contributed by atoms with Crippen molar-refractivity contribution >= 4 is 35.0 Å². The summed E-state index contributed by atoms with van der Waals surface area (Å²) in [4.78, 5) is 12.2. The molecule has 1 atom stereocenters. The van der Waals surface area contributed by atoms with Crippen molar-refractivity contribution in [2.45, 2.75) is 17.9 Å². The average Bonchev–Trinajstić information content (AvgIpc) is 3.11. The number of carbonyl (C=O) groups is 1. The van der Waals surface area contributed by atoms with Crippen LogP contribution in [0.2, 0.25) is 5.02 Å². The fraction of sp³-hybridized carbons (Fsp3) is 0.158. The summed E-state index contributed by atoms with van der Waals surface area (Å²) in [6, 6.07) is 12.0. The van der Waals surface area contributed by atoms with E-state index in [-0.39, 0.29) is 11.6 Å².